The van der Waals surface area contributed by atoms with E-state index in [-0.39, 0.29) is 0 Å². The molecule has 1 aliphatic heterocycles. The first-order chi connectivity index (χ1) is 13.7. The van der Waals surface area contributed by atoms with Gasteiger partial charge >= 0.3 is 0 Å². The SMILES string of the molecule is CN=C(NCc1ncc(-c2ccccc2)[nH]1)N1CCC(C)C(n2ccnc2)C1. The number of nitrogens with zero attached hydrogens (tertiary/aromatic N) is 5. The minimum atomic E-state index is 0.406. The standard InChI is InChI=1S/C21H27N7/c1-16-8-10-27(14-19(16)28-11-9-23-15-28)21(22-2)25-13-20-24-12-18(26-20)17-6-4-3-5-7-17/h3-7,9,11-12,15-16,19H,8,10,13-14H2,1-2H3,(H,22,25)(H,24,26). The van der Waals surface area contributed by atoms with Gasteiger partial charge < -0.3 is 19.8 Å². The Balaban J connectivity index is 1.39. The Morgan fingerprint density at radius 1 is 1.32 bits per heavy atom. The second kappa shape index (κ2) is 8.29. The van der Waals surface area contributed by atoms with E-state index in [0.717, 1.165) is 42.6 Å². The van der Waals surface area contributed by atoms with Crippen molar-refractivity contribution < 1.29 is 0 Å². The zero-order valence-electron chi connectivity index (χ0n) is 16.4. The molecule has 1 aromatic carbocycles. The number of guanidine groups is 1. The van der Waals surface area contributed by atoms with Gasteiger partial charge in [0.05, 0.1) is 30.8 Å². The lowest BCUT2D eigenvalue weighted by Gasteiger charge is -2.39. The molecule has 146 valence electrons. The number of nitrogens with one attached hydrogen (secondary N) is 2. The van der Waals surface area contributed by atoms with Crippen LogP contribution in [-0.2, 0) is 6.54 Å². The lowest BCUT2D eigenvalue weighted by molar-refractivity contribution is 0.189. The first-order valence-electron chi connectivity index (χ1n) is 9.77. The maximum atomic E-state index is 4.51. The van der Waals surface area contributed by atoms with Crippen molar-refractivity contribution >= 4 is 5.96 Å². The fourth-order valence-electron chi connectivity index (χ4n) is 3.81. The first-order valence-corrected chi connectivity index (χ1v) is 9.77. The van der Waals surface area contributed by atoms with Crippen LogP contribution < -0.4 is 5.32 Å². The van der Waals surface area contributed by atoms with Crippen molar-refractivity contribution in [1.82, 2.24) is 29.7 Å². The minimum absolute atomic E-state index is 0.406. The molecule has 0 aliphatic carbocycles. The van der Waals surface area contributed by atoms with Crippen LogP contribution >= 0.6 is 0 Å². The molecule has 28 heavy (non-hydrogen) atoms. The second-order valence-electron chi connectivity index (χ2n) is 7.30. The lowest BCUT2D eigenvalue weighted by atomic mass is 9.93. The van der Waals surface area contributed by atoms with Crippen molar-refractivity contribution in [1.29, 1.82) is 0 Å². The van der Waals surface area contributed by atoms with Crippen molar-refractivity contribution in [2.45, 2.75) is 25.9 Å². The summed E-state index contributed by atoms with van der Waals surface area (Å²) >= 11 is 0. The topological polar surface area (TPSA) is 74.1 Å². The van der Waals surface area contributed by atoms with Crippen LogP contribution in [0.3, 0.4) is 0 Å². The number of imidazole rings is 2. The molecule has 2 atom stereocenters. The molecular formula is C21H27N7. The molecule has 2 unspecified atom stereocenters. The summed E-state index contributed by atoms with van der Waals surface area (Å²) in [6.45, 7) is 4.84. The van der Waals surface area contributed by atoms with E-state index < -0.39 is 0 Å². The summed E-state index contributed by atoms with van der Waals surface area (Å²) in [5, 5.41) is 3.46. The van der Waals surface area contributed by atoms with E-state index in [1.54, 1.807) is 0 Å². The fourth-order valence-corrected chi connectivity index (χ4v) is 3.81. The highest BCUT2D eigenvalue weighted by atomic mass is 15.3. The van der Waals surface area contributed by atoms with E-state index in [4.69, 9.17) is 0 Å². The van der Waals surface area contributed by atoms with Crippen LogP contribution in [0.15, 0.2) is 60.2 Å². The van der Waals surface area contributed by atoms with E-state index in [1.807, 2.05) is 44.0 Å². The number of rotatable bonds is 4. The smallest absolute Gasteiger partial charge is 0.194 e. The molecule has 0 amide bonds. The van der Waals surface area contributed by atoms with E-state index in [0.29, 0.717) is 18.5 Å². The molecule has 3 aromatic rings. The fraction of sp³-hybridized carbons (Fsp3) is 0.381. The second-order valence-corrected chi connectivity index (χ2v) is 7.30. The van der Waals surface area contributed by atoms with E-state index in [1.165, 1.54) is 0 Å². The van der Waals surface area contributed by atoms with Gasteiger partial charge in [-0.15, -0.1) is 0 Å². The zero-order chi connectivity index (χ0) is 19.3. The molecule has 2 N–H and O–H groups in total. The van der Waals surface area contributed by atoms with Crippen molar-refractivity contribution in [2.24, 2.45) is 10.9 Å². The predicted octanol–water partition coefficient (Wildman–Crippen LogP) is 2.93. The highest BCUT2D eigenvalue weighted by Crippen LogP contribution is 2.27. The summed E-state index contributed by atoms with van der Waals surface area (Å²) in [7, 11) is 1.84. The average Bonchev–Trinajstić information content (AvgIpc) is 3.42. The molecule has 4 rings (SSSR count). The third-order valence-corrected chi connectivity index (χ3v) is 5.46. The van der Waals surface area contributed by atoms with Gasteiger partial charge in [-0.2, -0.15) is 0 Å². The Kier molecular flexibility index (Phi) is 5.41. The molecule has 7 heteroatoms. The van der Waals surface area contributed by atoms with Crippen LogP contribution in [0.2, 0.25) is 0 Å². The van der Waals surface area contributed by atoms with Gasteiger partial charge in [-0.3, -0.25) is 4.99 Å². The van der Waals surface area contributed by atoms with Gasteiger partial charge in [-0.25, -0.2) is 9.97 Å². The van der Waals surface area contributed by atoms with Crippen LogP contribution in [0, 0.1) is 5.92 Å². The average molecular weight is 377 g/mol. The van der Waals surface area contributed by atoms with Crippen LogP contribution in [0.1, 0.15) is 25.2 Å². The summed E-state index contributed by atoms with van der Waals surface area (Å²) < 4.78 is 2.21. The number of aliphatic imine (C=N–C) groups is 1. The van der Waals surface area contributed by atoms with Crippen LogP contribution in [0.25, 0.3) is 11.3 Å². The van der Waals surface area contributed by atoms with Gasteiger partial charge in [-0.05, 0) is 17.9 Å². The quantitative estimate of drug-likeness (QED) is 0.542. The molecular weight excluding hydrogens is 350 g/mol. The summed E-state index contributed by atoms with van der Waals surface area (Å²) in [5.74, 6) is 2.42. The Morgan fingerprint density at radius 3 is 2.93 bits per heavy atom. The van der Waals surface area contributed by atoms with Gasteiger partial charge in [0.15, 0.2) is 5.96 Å². The third-order valence-electron chi connectivity index (χ3n) is 5.46. The molecule has 1 fully saturated rings. The highest BCUT2D eigenvalue weighted by molar-refractivity contribution is 5.80. The number of likely N-dealkylation sites (tertiary alicyclic amines) is 1. The van der Waals surface area contributed by atoms with Gasteiger partial charge in [0.25, 0.3) is 0 Å². The minimum Gasteiger partial charge on any atom is -0.349 e. The largest absolute Gasteiger partial charge is 0.349 e. The number of aromatic amines is 1. The summed E-state index contributed by atoms with van der Waals surface area (Å²) in [5.41, 5.74) is 2.16. The van der Waals surface area contributed by atoms with Crippen molar-refractivity contribution in [3.63, 3.8) is 0 Å². The monoisotopic (exact) mass is 377 g/mol. The van der Waals surface area contributed by atoms with Gasteiger partial charge in [-0.1, -0.05) is 37.3 Å². The maximum absolute atomic E-state index is 4.51. The Hall–Kier alpha value is -3.09. The Labute approximate surface area is 165 Å². The molecule has 0 bridgehead atoms. The molecule has 0 saturated carbocycles. The first kappa shape index (κ1) is 18.3. The Bertz CT molecular complexity index is 898. The highest BCUT2D eigenvalue weighted by Gasteiger charge is 2.28. The summed E-state index contributed by atoms with van der Waals surface area (Å²) in [6.07, 6.45) is 8.82. The number of hydrogen-bond donors (Lipinski definition) is 2. The van der Waals surface area contributed by atoms with Crippen LogP contribution in [0.4, 0.5) is 0 Å². The van der Waals surface area contributed by atoms with Gasteiger partial charge in [0.1, 0.15) is 5.82 Å². The number of H-pyrrole nitrogens is 1. The van der Waals surface area contributed by atoms with Crippen molar-refractivity contribution in [2.75, 3.05) is 20.1 Å². The third kappa shape index (κ3) is 3.93. The maximum Gasteiger partial charge on any atom is 0.194 e. The van der Waals surface area contributed by atoms with Gasteiger partial charge in [0.2, 0.25) is 0 Å². The van der Waals surface area contributed by atoms with Crippen LogP contribution in [0.5, 0.6) is 0 Å². The number of aromatic nitrogens is 4. The molecule has 0 radical (unpaired) electrons. The molecule has 1 aliphatic rings. The van der Waals surface area contributed by atoms with Crippen molar-refractivity contribution in [3.8, 4) is 11.3 Å². The predicted molar refractivity (Wildman–Crippen MR) is 111 cm³/mol. The van der Waals surface area contributed by atoms with Crippen LogP contribution in [-0.4, -0.2) is 50.5 Å². The summed E-state index contributed by atoms with van der Waals surface area (Å²) in [6, 6.07) is 10.6. The normalized spacial score (nSPS) is 20.4. The van der Waals surface area contributed by atoms with E-state index in [2.05, 4.69) is 60.0 Å². The summed E-state index contributed by atoms with van der Waals surface area (Å²) in [4.78, 5) is 18.9. The van der Waals surface area contributed by atoms with Gasteiger partial charge in [0, 0.05) is 32.5 Å². The molecule has 0 spiro atoms. The number of piperidine rings is 1. The zero-order valence-corrected chi connectivity index (χ0v) is 16.4. The molecule has 3 heterocycles. The lowest BCUT2D eigenvalue weighted by Crippen LogP contribution is -2.48. The molecule has 1 saturated heterocycles. The number of hydrogen-bond acceptors (Lipinski definition) is 3. The Morgan fingerprint density at radius 2 is 2.18 bits per heavy atom. The van der Waals surface area contributed by atoms with E-state index >= 15 is 0 Å². The molecule has 2 aromatic heterocycles. The van der Waals surface area contributed by atoms with Crippen molar-refractivity contribution in [3.05, 3.63) is 61.1 Å². The van der Waals surface area contributed by atoms with E-state index in [9.17, 15) is 0 Å². The number of benzene rings is 1. The molecule has 7 nitrogen and oxygen atoms in total.